The molecule has 1 aliphatic carbocycles. The molecule has 150 valence electrons. The Morgan fingerprint density at radius 3 is 2.63 bits per heavy atom. The zero-order valence-corrected chi connectivity index (χ0v) is 16.0. The Morgan fingerprint density at radius 2 is 1.89 bits per heavy atom. The first-order valence-electron chi connectivity index (χ1n) is 9.48. The molecular formula is C19H24F3NO3S. The lowest BCUT2D eigenvalue weighted by Gasteiger charge is -2.33. The Kier molecular flexibility index (Phi) is 6.44. The topological polar surface area (TPSA) is 46.6 Å². The fourth-order valence-electron chi connectivity index (χ4n) is 3.71. The number of hydrogen-bond acceptors (Lipinski definition) is 4. The number of halogens is 3. The van der Waals surface area contributed by atoms with Crippen molar-refractivity contribution in [3.05, 3.63) is 21.4 Å². The second-order valence-electron chi connectivity index (χ2n) is 7.27. The fourth-order valence-corrected chi connectivity index (χ4v) is 4.85. The molecule has 1 aromatic rings. The van der Waals surface area contributed by atoms with E-state index in [-0.39, 0.29) is 19.5 Å². The molecule has 0 aromatic carbocycles. The third-order valence-electron chi connectivity index (χ3n) is 5.26. The highest BCUT2D eigenvalue weighted by atomic mass is 32.1. The largest absolute Gasteiger partial charge is 0.451 e. The lowest BCUT2D eigenvalue weighted by Crippen LogP contribution is -2.46. The van der Waals surface area contributed by atoms with E-state index in [9.17, 15) is 22.8 Å². The van der Waals surface area contributed by atoms with E-state index in [1.54, 1.807) is 0 Å². The highest BCUT2D eigenvalue weighted by molar-refractivity contribution is 7.14. The third kappa shape index (κ3) is 5.24. The summed E-state index contributed by atoms with van der Waals surface area (Å²) in [5.74, 6) is -2.63. The predicted octanol–water partition coefficient (Wildman–Crippen LogP) is 4.36. The van der Waals surface area contributed by atoms with Crippen LogP contribution in [-0.4, -0.2) is 42.6 Å². The van der Waals surface area contributed by atoms with E-state index in [4.69, 9.17) is 4.74 Å². The maximum atomic E-state index is 12.9. The third-order valence-corrected chi connectivity index (χ3v) is 6.48. The van der Waals surface area contributed by atoms with Gasteiger partial charge in [0.25, 0.3) is 5.91 Å². The number of carbonyl (C=O) groups excluding carboxylic acids is 2. The van der Waals surface area contributed by atoms with E-state index >= 15 is 0 Å². The summed E-state index contributed by atoms with van der Waals surface area (Å²) in [6.07, 6.45) is 2.54. The van der Waals surface area contributed by atoms with Crippen LogP contribution in [0.2, 0.25) is 0 Å². The molecule has 0 saturated carbocycles. The number of fused-ring (bicyclic) bond motifs is 1. The molecule has 0 N–H and O–H groups in total. The number of alkyl halides is 3. The van der Waals surface area contributed by atoms with Crippen molar-refractivity contribution in [2.75, 3.05) is 19.7 Å². The molecule has 1 fully saturated rings. The van der Waals surface area contributed by atoms with Gasteiger partial charge in [0.2, 0.25) is 0 Å². The summed E-state index contributed by atoms with van der Waals surface area (Å²) in [7, 11) is 0. The second-order valence-corrected chi connectivity index (χ2v) is 8.41. The lowest BCUT2D eigenvalue weighted by atomic mass is 9.97. The van der Waals surface area contributed by atoms with Gasteiger partial charge in [-0.15, -0.1) is 11.3 Å². The van der Waals surface area contributed by atoms with Crippen LogP contribution in [0.1, 0.15) is 58.6 Å². The molecule has 27 heavy (non-hydrogen) atoms. The first kappa shape index (κ1) is 20.2. The Hall–Kier alpha value is -1.57. The van der Waals surface area contributed by atoms with Crippen molar-refractivity contribution in [2.24, 2.45) is 5.92 Å². The van der Waals surface area contributed by atoms with Crippen LogP contribution in [0.5, 0.6) is 0 Å². The summed E-state index contributed by atoms with van der Waals surface area (Å²) in [6, 6.07) is 1.85. The number of aryl methyl sites for hydroxylation is 2. The van der Waals surface area contributed by atoms with Crippen molar-refractivity contribution in [3.8, 4) is 0 Å². The first-order valence-corrected chi connectivity index (χ1v) is 10.3. The van der Waals surface area contributed by atoms with Gasteiger partial charge < -0.3 is 9.64 Å². The van der Waals surface area contributed by atoms with Gasteiger partial charge in [0.15, 0.2) is 6.61 Å². The number of rotatable bonds is 3. The minimum absolute atomic E-state index is 0.0355. The molecule has 1 saturated heterocycles. The predicted molar refractivity (Wildman–Crippen MR) is 95.8 cm³/mol. The van der Waals surface area contributed by atoms with Crippen molar-refractivity contribution in [1.29, 1.82) is 0 Å². The number of amides is 1. The monoisotopic (exact) mass is 403 g/mol. The number of esters is 1. The summed E-state index contributed by atoms with van der Waals surface area (Å²) >= 11 is 1.41. The average molecular weight is 403 g/mol. The number of nitrogens with zero attached hydrogens (tertiary/aromatic N) is 1. The zero-order chi connectivity index (χ0) is 19.4. The van der Waals surface area contributed by atoms with Crippen LogP contribution in [-0.2, 0) is 22.4 Å². The summed E-state index contributed by atoms with van der Waals surface area (Å²) in [5.41, 5.74) is 1.18. The Morgan fingerprint density at radius 1 is 1.15 bits per heavy atom. The maximum Gasteiger partial charge on any atom is 0.393 e. The molecule has 4 nitrogen and oxygen atoms in total. The quantitative estimate of drug-likeness (QED) is 0.705. The van der Waals surface area contributed by atoms with Gasteiger partial charge in [-0.25, -0.2) is 4.79 Å². The van der Waals surface area contributed by atoms with Gasteiger partial charge in [-0.2, -0.15) is 13.2 Å². The van der Waals surface area contributed by atoms with E-state index in [1.807, 2.05) is 6.07 Å². The molecule has 1 aliphatic heterocycles. The summed E-state index contributed by atoms with van der Waals surface area (Å²) in [5, 5.41) is 0. The second kappa shape index (κ2) is 8.63. The molecular weight excluding hydrogens is 379 g/mol. The van der Waals surface area contributed by atoms with Crippen molar-refractivity contribution >= 4 is 23.2 Å². The lowest BCUT2D eigenvalue weighted by molar-refractivity contribution is -0.188. The molecule has 0 spiro atoms. The van der Waals surface area contributed by atoms with Crippen molar-refractivity contribution in [2.45, 2.75) is 57.5 Å². The van der Waals surface area contributed by atoms with E-state index in [1.165, 1.54) is 34.6 Å². The first-order chi connectivity index (χ1) is 12.8. The number of likely N-dealkylation sites (tertiary alicyclic amines) is 1. The summed E-state index contributed by atoms with van der Waals surface area (Å²) < 4.78 is 43.7. The molecule has 1 amide bonds. The molecule has 3 rings (SSSR count). The van der Waals surface area contributed by atoms with E-state index in [2.05, 4.69) is 0 Å². The minimum atomic E-state index is -4.30. The Balaban J connectivity index is 1.54. The fraction of sp³-hybridized carbons (Fsp3) is 0.684. The highest BCUT2D eigenvalue weighted by Crippen LogP contribution is 2.33. The molecule has 0 radical (unpaired) electrons. The number of piperidine rings is 1. The molecule has 2 aliphatic rings. The molecule has 2 heterocycles. The van der Waals surface area contributed by atoms with Crippen LogP contribution < -0.4 is 0 Å². The van der Waals surface area contributed by atoms with Crippen LogP contribution in [0.25, 0.3) is 0 Å². The minimum Gasteiger partial charge on any atom is -0.451 e. The zero-order valence-electron chi connectivity index (χ0n) is 15.1. The van der Waals surface area contributed by atoms with Gasteiger partial charge in [0, 0.05) is 18.0 Å². The van der Waals surface area contributed by atoms with Gasteiger partial charge in [0.1, 0.15) is 4.88 Å². The van der Waals surface area contributed by atoms with Crippen molar-refractivity contribution in [1.82, 2.24) is 4.90 Å². The molecule has 0 bridgehead atoms. The van der Waals surface area contributed by atoms with Crippen molar-refractivity contribution < 1.29 is 27.5 Å². The Labute approximate surface area is 160 Å². The van der Waals surface area contributed by atoms with Gasteiger partial charge >= 0.3 is 12.1 Å². The maximum absolute atomic E-state index is 12.9. The van der Waals surface area contributed by atoms with Crippen LogP contribution >= 0.6 is 11.3 Å². The van der Waals surface area contributed by atoms with Crippen LogP contribution in [0.15, 0.2) is 6.07 Å². The number of carbonyl (C=O) groups is 2. The van der Waals surface area contributed by atoms with E-state index in [0.29, 0.717) is 11.3 Å². The van der Waals surface area contributed by atoms with E-state index in [0.717, 1.165) is 30.6 Å². The van der Waals surface area contributed by atoms with Crippen LogP contribution in [0.4, 0.5) is 13.2 Å². The SMILES string of the molecule is O=C(OCC(=O)N1CCC[C@@H](C(F)(F)F)C1)c1cc2c(s1)CCCCCC2. The van der Waals surface area contributed by atoms with E-state index < -0.39 is 30.6 Å². The smallest absolute Gasteiger partial charge is 0.393 e. The number of ether oxygens (including phenoxy) is 1. The Bertz CT molecular complexity index is 661. The molecule has 1 atom stereocenters. The average Bonchev–Trinajstić information content (AvgIpc) is 3.01. The molecule has 1 aromatic heterocycles. The van der Waals surface area contributed by atoms with Gasteiger partial charge in [0.05, 0.1) is 5.92 Å². The van der Waals surface area contributed by atoms with Gasteiger partial charge in [-0.3, -0.25) is 4.79 Å². The molecule has 8 heteroatoms. The highest BCUT2D eigenvalue weighted by Gasteiger charge is 2.42. The normalized spacial score (nSPS) is 21.1. The summed E-state index contributed by atoms with van der Waals surface area (Å²) in [6.45, 7) is -0.588. The standard InChI is InChI=1S/C19H24F3NO3S/c20-19(21,22)14-7-5-9-23(11-14)17(24)12-26-18(25)16-10-13-6-3-1-2-4-8-15(13)27-16/h10,14H,1-9,11-12H2/t14-/m1/s1. The number of thiophene rings is 1. The molecule has 0 unspecified atom stereocenters. The summed E-state index contributed by atoms with van der Waals surface area (Å²) in [4.78, 5) is 27.3. The van der Waals surface area contributed by atoms with Gasteiger partial charge in [-0.1, -0.05) is 12.8 Å². The van der Waals surface area contributed by atoms with Crippen molar-refractivity contribution in [3.63, 3.8) is 0 Å². The van der Waals surface area contributed by atoms with Gasteiger partial charge in [-0.05, 0) is 50.2 Å². The van der Waals surface area contributed by atoms with Crippen LogP contribution in [0, 0.1) is 5.92 Å². The number of hydrogen-bond donors (Lipinski definition) is 0. The van der Waals surface area contributed by atoms with Crippen LogP contribution in [0.3, 0.4) is 0 Å².